The van der Waals surface area contributed by atoms with E-state index in [1.54, 1.807) is 0 Å². The molecule has 0 aromatic rings. The van der Waals surface area contributed by atoms with Gasteiger partial charge in [0.15, 0.2) is 0 Å². The highest BCUT2D eigenvalue weighted by Crippen LogP contribution is 2.55. The molecule has 0 heterocycles. The molecule has 0 aliphatic heterocycles. The molecule has 0 spiro atoms. The predicted molar refractivity (Wildman–Crippen MR) is 52.7 cm³/mol. The Morgan fingerprint density at radius 2 is 1.55 bits per heavy atom. The van der Waals surface area contributed by atoms with E-state index in [1.165, 1.54) is 12.8 Å². The summed E-state index contributed by atoms with van der Waals surface area (Å²) in [6.45, 7) is 12.0. The first-order valence-corrected chi connectivity index (χ1v) is 4.38. The maximum absolute atomic E-state index is 2.41. The SMILES string of the molecule is C.CC1CCC(C)(C)C1(C)C. The van der Waals surface area contributed by atoms with Crippen molar-refractivity contribution in [1.29, 1.82) is 0 Å². The lowest BCUT2D eigenvalue weighted by atomic mass is 9.67. The van der Waals surface area contributed by atoms with E-state index in [0.717, 1.165) is 5.92 Å². The standard InChI is InChI=1S/C10H20.CH4/c1-8-6-7-9(2,3)10(8,4)5;/h8H,6-7H2,1-5H3;1H4. The molecule has 11 heavy (non-hydrogen) atoms. The van der Waals surface area contributed by atoms with E-state index in [2.05, 4.69) is 34.6 Å². The third-order valence-corrected chi connectivity index (χ3v) is 4.18. The fraction of sp³-hybridized carbons (Fsp3) is 1.00. The Balaban J connectivity index is 0.000001000. The Kier molecular flexibility index (Phi) is 2.80. The lowest BCUT2D eigenvalue weighted by Gasteiger charge is -2.37. The van der Waals surface area contributed by atoms with Gasteiger partial charge in [-0.25, -0.2) is 0 Å². The number of hydrogen-bond donors (Lipinski definition) is 0. The first-order chi connectivity index (χ1) is 4.38. The molecule has 1 aliphatic rings. The van der Waals surface area contributed by atoms with Crippen molar-refractivity contribution >= 4 is 0 Å². The van der Waals surface area contributed by atoms with Gasteiger partial charge in [0.2, 0.25) is 0 Å². The maximum atomic E-state index is 2.41. The van der Waals surface area contributed by atoms with Crippen LogP contribution in [0.15, 0.2) is 0 Å². The van der Waals surface area contributed by atoms with Crippen molar-refractivity contribution in [1.82, 2.24) is 0 Å². The van der Waals surface area contributed by atoms with Crippen molar-refractivity contribution in [2.45, 2.75) is 54.9 Å². The maximum Gasteiger partial charge on any atom is -0.0277 e. The highest BCUT2D eigenvalue weighted by molar-refractivity contribution is 4.95. The van der Waals surface area contributed by atoms with Crippen molar-refractivity contribution in [2.24, 2.45) is 16.7 Å². The Morgan fingerprint density at radius 1 is 1.09 bits per heavy atom. The van der Waals surface area contributed by atoms with E-state index in [4.69, 9.17) is 0 Å². The second kappa shape index (κ2) is 2.80. The molecule has 1 rings (SSSR count). The Hall–Kier alpha value is 0. The van der Waals surface area contributed by atoms with E-state index in [9.17, 15) is 0 Å². The van der Waals surface area contributed by atoms with Crippen LogP contribution in [0.5, 0.6) is 0 Å². The molecule has 1 unspecified atom stereocenters. The largest absolute Gasteiger partial charge is 0.0776 e. The van der Waals surface area contributed by atoms with E-state index < -0.39 is 0 Å². The molecule has 1 aliphatic carbocycles. The molecular formula is C11H24. The Labute approximate surface area is 72.4 Å². The fourth-order valence-corrected chi connectivity index (χ4v) is 1.93. The molecule has 0 aromatic carbocycles. The van der Waals surface area contributed by atoms with Crippen LogP contribution >= 0.6 is 0 Å². The van der Waals surface area contributed by atoms with Crippen molar-refractivity contribution in [3.8, 4) is 0 Å². The van der Waals surface area contributed by atoms with Gasteiger partial charge in [-0.05, 0) is 29.6 Å². The van der Waals surface area contributed by atoms with E-state index in [-0.39, 0.29) is 7.43 Å². The van der Waals surface area contributed by atoms with Crippen LogP contribution in [0.4, 0.5) is 0 Å². The summed E-state index contributed by atoms with van der Waals surface area (Å²) in [5, 5.41) is 0. The van der Waals surface area contributed by atoms with Crippen molar-refractivity contribution in [3.05, 3.63) is 0 Å². The zero-order valence-electron chi connectivity index (χ0n) is 7.99. The van der Waals surface area contributed by atoms with Crippen LogP contribution < -0.4 is 0 Å². The van der Waals surface area contributed by atoms with E-state index in [1.807, 2.05) is 0 Å². The fourth-order valence-electron chi connectivity index (χ4n) is 1.93. The normalized spacial score (nSPS) is 33.0. The van der Waals surface area contributed by atoms with Gasteiger partial charge < -0.3 is 0 Å². The van der Waals surface area contributed by atoms with Gasteiger partial charge in [0.25, 0.3) is 0 Å². The minimum absolute atomic E-state index is 0. The lowest BCUT2D eigenvalue weighted by molar-refractivity contribution is 0.116. The second-order valence-electron chi connectivity index (χ2n) is 5.05. The van der Waals surface area contributed by atoms with Gasteiger partial charge in [-0.3, -0.25) is 0 Å². The minimum atomic E-state index is 0. The van der Waals surface area contributed by atoms with Gasteiger partial charge in [-0.2, -0.15) is 0 Å². The van der Waals surface area contributed by atoms with Crippen LogP contribution in [0.25, 0.3) is 0 Å². The molecule has 0 N–H and O–H groups in total. The molecule has 0 radical (unpaired) electrons. The molecule has 0 amide bonds. The molecule has 0 nitrogen and oxygen atoms in total. The molecule has 0 aromatic heterocycles. The summed E-state index contributed by atoms with van der Waals surface area (Å²) in [6.07, 6.45) is 2.82. The molecule has 0 saturated heterocycles. The van der Waals surface area contributed by atoms with Gasteiger partial charge in [0, 0.05) is 0 Å². The molecule has 1 saturated carbocycles. The van der Waals surface area contributed by atoms with Gasteiger partial charge in [-0.1, -0.05) is 42.0 Å². The summed E-state index contributed by atoms with van der Waals surface area (Å²) in [4.78, 5) is 0. The third kappa shape index (κ3) is 1.45. The molecule has 1 fully saturated rings. The summed E-state index contributed by atoms with van der Waals surface area (Å²) < 4.78 is 0. The van der Waals surface area contributed by atoms with Crippen molar-refractivity contribution in [2.75, 3.05) is 0 Å². The van der Waals surface area contributed by atoms with Crippen LogP contribution in [0, 0.1) is 16.7 Å². The summed E-state index contributed by atoms with van der Waals surface area (Å²) in [5.41, 5.74) is 1.11. The molecule has 0 heteroatoms. The average molecular weight is 156 g/mol. The zero-order chi connectivity index (χ0) is 7.99. The van der Waals surface area contributed by atoms with Gasteiger partial charge >= 0.3 is 0 Å². The monoisotopic (exact) mass is 156 g/mol. The highest BCUT2D eigenvalue weighted by Gasteiger charge is 2.45. The van der Waals surface area contributed by atoms with Crippen LogP contribution in [-0.2, 0) is 0 Å². The van der Waals surface area contributed by atoms with Crippen LogP contribution in [0.1, 0.15) is 54.9 Å². The van der Waals surface area contributed by atoms with Crippen LogP contribution in [-0.4, -0.2) is 0 Å². The van der Waals surface area contributed by atoms with Crippen molar-refractivity contribution < 1.29 is 0 Å². The molecular weight excluding hydrogens is 132 g/mol. The minimum Gasteiger partial charge on any atom is -0.0776 e. The molecule has 68 valence electrons. The van der Waals surface area contributed by atoms with Crippen molar-refractivity contribution in [3.63, 3.8) is 0 Å². The first-order valence-electron chi connectivity index (χ1n) is 4.38. The second-order valence-corrected chi connectivity index (χ2v) is 5.05. The summed E-state index contributed by atoms with van der Waals surface area (Å²) in [6, 6.07) is 0. The average Bonchev–Trinajstić information content (AvgIpc) is 1.94. The van der Waals surface area contributed by atoms with E-state index in [0.29, 0.717) is 10.8 Å². The third-order valence-electron chi connectivity index (χ3n) is 4.18. The summed E-state index contributed by atoms with van der Waals surface area (Å²) in [5.74, 6) is 0.905. The quantitative estimate of drug-likeness (QED) is 0.495. The van der Waals surface area contributed by atoms with Gasteiger partial charge in [0.05, 0.1) is 0 Å². The van der Waals surface area contributed by atoms with Crippen LogP contribution in [0.2, 0.25) is 0 Å². The van der Waals surface area contributed by atoms with E-state index >= 15 is 0 Å². The Morgan fingerprint density at radius 3 is 1.64 bits per heavy atom. The zero-order valence-corrected chi connectivity index (χ0v) is 7.99. The summed E-state index contributed by atoms with van der Waals surface area (Å²) in [7, 11) is 0. The predicted octanol–water partition coefficient (Wildman–Crippen LogP) is 4.10. The Bertz CT molecular complexity index is 131. The molecule has 1 atom stereocenters. The first kappa shape index (κ1) is 11.0. The smallest absolute Gasteiger partial charge is 0.0277 e. The number of hydrogen-bond acceptors (Lipinski definition) is 0. The summed E-state index contributed by atoms with van der Waals surface area (Å²) >= 11 is 0. The van der Waals surface area contributed by atoms with Crippen LogP contribution in [0.3, 0.4) is 0 Å². The lowest BCUT2D eigenvalue weighted by Crippen LogP contribution is -2.30. The topological polar surface area (TPSA) is 0 Å². The number of rotatable bonds is 0. The van der Waals surface area contributed by atoms with Gasteiger partial charge in [0.1, 0.15) is 0 Å². The van der Waals surface area contributed by atoms with Gasteiger partial charge in [-0.15, -0.1) is 0 Å². The highest BCUT2D eigenvalue weighted by atomic mass is 14.5. The molecule has 0 bridgehead atoms.